The Hall–Kier alpha value is -0.302. The molecule has 0 heterocycles. The zero-order chi connectivity index (χ0) is 11.3. The molecule has 1 aromatic rings. The molecule has 0 saturated carbocycles. The first-order valence-electron chi connectivity index (χ1n) is 5.28. The van der Waals surface area contributed by atoms with Crippen molar-refractivity contribution in [3.8, 4) is 0 Å². The van der Waals surface area contributed by atoms with Gasteiger partial charge in [0, 0.05) is 0 Å². The second-order valence-electron chi connectivity index (χ2n) is 3.90. The summed E-state index contributed by atoms with van der Waals surface area (Å²) >= 11 is -1.78. The summed E-state index contributed by atoms with van der Waals surface area (Å²) < 4.78 is 13.0. The quantitative estimate of drug-likeness (QED) is 0.764. The average molecular weight is 270 g/mol. The molecule has 0 saturated heterocycles. The van der Waals surface area contributed by atoms with Gasteiger partial charge in [0.1, 0.15) is 0 Å². The van der Waals surface area contributed by atoms with Crippen LogP contribution in [-0.2, 0) is 7.45 Å². The summed E-state index contributed by atoms with van der Waals surface area (Å²) in [6, 6.07) is 10.3. The Balaban J connectivity index is 2.72. The van der Waals surface area contributed by atoms with E-state index in [0.717, 1.165) is 0 Å². The summed E-state index contributed by atoms with van der Waals surface area (Å²) in [5.41, 5.74) is 0. The van der Waals surface area contributed by atoms with Crippen molar-refractivity contribution in [2.75, 3.05) is 0 Å². The van der Waals surface area contributed by atoms with Gasteiger partial charge in [0.15, 0.2) is 0 Å². The second kappa shape index (κ2) is 6.32. The van der Waals surface area contributed by atoms with Gasteiger partial charge in [-0.2, -0.15) is 0 Å². The molecule has 84 valence electrons. The number of hydrogen-bond acceptors (Lipinski definition) is 2. The Morgan fingerprint density at radius 2 is 1.33 bits per heavy atom. The molecule has 0 fully saturated rings. The molecule has 1 aromatic carbocycles. The summed E-state index contributed by atoms with van der Waals surface area (Å²) in [5, 5.41) is 0. The summed E-state index contributed by atoms with van der Waals surface area (Å²) in [5.74, 6) is 0. The van der Waals surface area contributed by atoms with Crippen LogP contribution in [0.25, 0.3) is 0 Å². The Kier molecular flexibility index (Phi) is 5.38. The number of benzene rings is 1. The molecule has 0 bridgehead atoms. The Morgan fingerprint density at radius 3 is 1.73 bits per heavy atom. The van der Waals surface area contributed by atoms with Crippen LogP contribution in [0.4, 0.5) is 0 Å². The second-order valence-corrected chi connectivity index (χ2v) is 6.95. The molecule has 0 radical (unpaired) electrons. The van der Waals surface area contributed by atoms with Crippen molar-refractivity contribution in [1.82, 2.24) is 0 Å². The molecule has 0 aliphatic carbocycles. The van der Waals surface area contributed by atoms with E-state index < -0.39 is 15.3 Å². The van der Waals surface area contributed by atoms with Crippen molar-refractivity contribution in [1.29, 1.82) is 0 Å². The zero-order valence-electron chi connectivity index (χ0n) is 9.81. The standard InChI is InChI=1S/C12H19AsO2/c1-10(2)14-13(15-11(3)4)12-8-6-5-7-9-12/h5-11H,1-4H3. The van der Waals surface area contributed by atoms with Crippen molar-refractivity contribution in [2.45, 2.75) is 39.9 Å². The van der Waals surface area contributed by atoms with Gasteiger partial charge >= 0.3 is 97.4 Å². The molecule has 0 spiro atoms. The van der Waals surface area contributed by atoms with E-state index in [2.05, 4.69) is 12.1 Å². The van der Waals surface area contributed by atoms with Gasteiger partial charge in [0.2, 0.25) is 0 Å². The maximum atomic E-state index is 5.87. The fourth-order valence-electron chi connectivity index (χ4n) is 1.08. The first-order valence-corrected chi connectivity index (χ1v) is 7.75. The molecule has 15 heavy (non-hydrogen) atoms. The summed E-state index contributed by atoms with van der Waals surface area (Å²) in [6.07, 6.45) is 0.452. The zero-order valence-corrected chi connectivity index (χ0v) is 11.7. The molecule has 0 aliphatic rings. The predicted octanol–water partition coefficient (Wildman–Crippen LogP) is 2.23. The van der Waals surface area contributed by atoms with Gasteiger partial charge in [0.25, 0.3) is 0 Å². The van der Waals surface area contributed by atoms with E-state index in [9.17, 15) is 0 Å². The van der Waals surface area contributed by atoms with Crippen LogP contribution < -0.4 is 4.35 Å². The minimum absolute atomic E-state index is 0.226. The van der Waals surface area contributed by atoms with E-state index >= 15 is 0 Å². The molecular weight excluding hydrogens is 251 g/mol. The number of rotatable bonds is 5. The van der Waals surface area contributed by atoms with Crippen LogP contribution in [0.3, 0.4) is 0 Å². The van der Waals surface area contributed by atoms with Crippen molar-refractivity contribution >= 4 is 19.7 Å². The summed E-state index contributed by atoms with van der Waals surface area (Å²) in [4.78, 5) is 0. The van der Waals surface area contributed by atoms with Gasteiger partial charge in [-0.05, 0) is 0 Å². The third-order valence-electron chi connectivity index (χ3n) is 1.58. The van der Waals surface area contributed by atoms with Crippen LogP contribution in [0.1, 0.15) is 27.7 Å². The van der Waals surface area contributed by atoms with Gasteiger partial charge in [-0.15, -0.1) is 0 Å². The monoisotopic (exact) mass is 270 g/mol. The SMILES string of the molecule is CC(C)O[As](OC(C)C)c1ccccc1. The molecule has 0 N–H and O–H groups in total. The van der Waals surface area contributed by atoms with Gasteiger partial charge in [0.05, 0.1) is 0 Å². The van der Waals surface area contributed by atoms with E-state index in [1.54, 1.807) is 0 Å². The van der Waals surface area contributed by atoms with Gasteiger partial charge < -0.3 is 0 Å². The molecule has 3 heteroatoms. The van der Waals surface area contributed by atoms with E-state index in [4.69, 9.17) is 7.45 Å². The normalized spacial score (nSPS) is 11.7. The van der Waals surface area contributed by atoms with E-state index in [1.807, 2.05) is 45.9 Å². The minimum atomic E-state index is -1.78. The Labute approximate surface area is 97.6 Å². The van der Waals surface area contributed by atoms with Gasteiger partial charge in [-0.1, -0.05) is 0 Å². The van der Waals surface area contributed by atoms with Crippen LogP contribution in [0.15, 0.2) is 30.3 Å². The first kappa shape index (κ1) is 12.8. The first-order chi connectivity index (χ1) is 7.09. The van der Waals surface area contributed by atoms with Crippen molar-refractivity contribution in [3.63, 3.8) is 0 Å². The van der Waals surface area contributed by atoms with E-state index in [1.165, 1.54) is 4.35 Å². The van der Waals surface area contributed by atoms with Crippen molar-refractivity contribution < 1.29 is 7.45 Å². The molecule has 0 aromatic heterocycles. The van der Waals surface area contributed by atoms with Crippen LogP contribution >= 0.6 is 0 Å². The number of hydrogen-bond donors (Lipinski definition) is 0. The van der Waals surface area contributed by atoms with Crippen LogP contribution in [0.5, 0.6) is 0 Å². The fourth-order valence-corrected chi connectivity index (χ4v) is 4.17. The molecule has 0 aliphatic heterocycles. The molecule has 1 rings (SSSR count). The Morgan fingerprint density at radius 1 is 0.867 bits per heavy atom. The van der Waals surface area contributed by atoms with Crippen LogP contribution in [0, 0.1) is 0 Å². The molecule has 0 unspecified atom stereocenters. The molecule has 0 atom stereocenters. The Bertz CT molecular complexity index is 262. The maximum absolute atomic E-state index is 5.87. The van der Waals surface area contributed by atoms with Gasteiger partial charge in [-0.3, -0.25) is 0 Å². The van der Waals surface area contributed by atoms with Crippen molar-refractivity contribution in [2.24, 2.45) is 0 Å². The van der Waals surface area contributed by atoms with E-state index in [-0.39, 0.29) is 12.2 Å². The summed E-state index contributed by atoms with van der Waals surface area (Å²) in [7, 11) is 0. The topological polar surface area (TPSA) is 18.5 Å². The van der Waals surface area contributed by atoms with Crippen LogP contribution in [0.2, 0.25) is 0 Å². The molecular formula is C12H19AsO2. The average Bonchev–Trinajstić information content (AvgIpc) is 2.17. The van der Waals surface area contributed by atoms with Gasteiger partial charge in [-0.25, -0.2) is 0 Å². The van der Waals surface area contributed by atoms with Crippen LogP contribution in [-0.4, -0.2) is 27.5 Å². The third kappa shape index (κ3) is 4.83. The van der Waals surface area contributed by atoms with E-state index in [0.29, 0.717) is 0 Å². The molecule has 2 nitrogen and oxygen atoms in total. The fraction of sp³-hybridized carbons (Fsp3) is 0.500. The predicted molar refractivity (Wildman–Crippen MR) is 64.3 cm³/mol. The summed E-state index contributed by atoms with van der Waals surface area (Å²) in [6.45, 7) is 8.20. The molecule has 0 amide bonds. The third-order valence-corrected chi connectivity index (χ3v) is 5.66. The van der Waals surface area contributed by atoms with Crippen molar-refractivity contribution in [3.05, 3.63) is 30.3 Å².